The monoisotopic (exact) mass is 235 g/mol. The molecule has 4 nitrogen and oxygen atoms in total. The van der Waals surface area contributed by atoms with Gasteiger partial charge in [0.2, 0.25) is 0 Å². The van der Waals surface area contributed by atoms with Crippen LogP contribution in [0.15, 0.2) is 24.3 Å². The molecular formula is C13H17NO3. The minimum absolute atomic E-state index is 0.151. The zero-order valence-corrected chi connectivity index (χ0v) is 10.2. The quantitative estimate of drug-likeness (QED) is 0.836. The van der Waals surface area contributed by atoms with Gasteiger partial charge in [-0.05, 0) is 25.0 Å². The highest BCUT2D eigenvalue weighted by molar-refractivity contribution is 5.96. The second-order valence-corrected chi connectivity index (χ2v) is 4.40. The molecule has 2 N–H and O–H groups in total. The van der Waals surface area contributed by atoms with Crippen LogP contribution in [-0.2, 0) is 4.79 Å². The normalized spacial score (nSPS) is 12.2. The first-order valence-corrected chi connectivity index (χ1v) is 5.52. The minimum atomic E-state index is -1.01. The number of nitrogens with one attached hydrogen (secondary N) is 1. The summed E-state index contributed by atoms with van der Waals surface area (Å²) in [5, 5.41) is 11.5. The summed E-state index contributed by atoms with van der Waals surface area (Å²) < 4.78 is 0. The van der Waals surface area contributed by atoms with Gasteiger partial charge in [0.25, 0.3) is 5.91 Å². The molecule has 0 spiro atoms. The van der Waals surface area contributed by atoms with Crippen molar-refractivity contribution in [1.29, 1.82) is 0 Å². The van der Waals surface area contributed by atoms with Crippen molar-refractivity contribution in [3.63, 3.8) is 0 Å². The molecule has 0 heterocycles. The second-order valence-electron chi connectivity index (χ2n) is 4.40. The van der Waals surface area contributed by atoms with Crippen molar-refractivity contribution in [2.24, 2.45) is 5.92 Å². The van der Waals surface area contributed by atoms with Crippen molar-refractivity contribution in [3.05, 3.63) is 35.4 Å². The Morgan fingerprint density at radius 1 is 1.18 bits per heavy atom. The highest BCUT2D eigenvalue weighted by Crippen LogP contribution is 2.06. The van der Waals surface area contributed by atoms with Crippen LogP contribution in [0.5, 0.6) is 0 Å². The molecule has 1 aromatic rings. The van der Waals surface area contributed by atoms with E-state index >= 15 is 0 Å². The summed E-state index contributed by atoms with van der Waals surface area (Å²) in [7, 11) is 0. The van der Waals surface area contributed by atoms with Gasteiger partial charge in [0.05, 0.1) is 0 Å². The van der Waals surface area contributed by atoms with Crippen molar-refractivity contribution >= 4 is 11.9 Å². The third kappa shape index (κ3) is 3.59. The lowest BCUT2D eigenvalue weighted by Gasteiger charge is -2.17. The van der Waals surface area contributed by atoms with Gasteiger partial charge in [-0.2, -0.15) is 0 Å². The summed E-state index contributed by atoms with van der Waals surface area (Å²) in [5.41, 5.74) is 1.53. The van der Waals surface area contributed by atoms with Crippen molar-refractivity contribution in [2.75, 3.05) is 0 Å². The third-order valence-electron chi connectivity index (χ3n) is 2.53. The summed E-state index contributed by atoms with van der Waals surface area (Å²) >= 11 is 0. The highest BCUT2D eigenvalue weighted by atomic mass is 16.4. The van der Waals surface area contributed by atoms with E-state index in [-0.39, 0.29) is 11.8 Å². The molecule has 17 heavy (non-hydrogen) atoms. The molecule has 0 bridgehead atoms. The van der Waals surface area contributed by atoms with Gasteiger partial charge in [-0.15, -0.1) is 0 Å². The average Bonchev–Trinajstić information content (AvgIpc) is 2.25. The lowest BCUT2D eigenvalue weighted by atomic mass is 10.0. The van der Waals surface area contributed by atoms with Crippen molar-refractivity contribution in [1.82, 2.24) is 5.32 Å². The first-order valence-electron chi connectivity index (χ1n) is 5.52. The van der Waals surface area contributed by atoms with Crippen LogP contribution < -0.4 is 5.32 Å². The Bertz CT molecular complexity index is 409. The number of carboxylic acids is 1. The molecule has 1 rings (SSSR count). The van der Waals surface area contributed by atoms with Crippen LogP contribution >= 0.6 is 0 Å². The number of carbonyl (C=O) groups excluding carboxylic acids is 1. The van der Waals surface area contributed by atoms with Gasteiger partial charge in [0.1, 0.15) is 6.04 Å². The number of carbonyl (C=O) groups is 2. The zero-order chi connectivity index (χ0) is 13.0. The Hall–Kier alpha value is -1.84. The molecule has 0 saturated heterocycles. The van der Waals surface area contributed by atoms with Crippen LogP contribution in [0, 0.1) is 12.8 Å². The maximum absolute atomic E-state index is 11.8. The Balaban J connectivity index is 2.77. The van der Waals surface area contributed by atoms with Gasteiger partial charge < -0.3 is 10.4 Å². The zero-order valence-electron chi connectivity index (χ0n) is 10.2. The molecule has 4 heteroatoms. The van der Waals surface area contributed by atoms with Crippen LogP contribution in [0.1, 0.15) is 29.8 Å². The summed E-state index contributed by atoms with van der Waals surface area (Å²) in [4.78, 5) is 22.7. The standard InChI is InChI=1S/C13H17NO3/c1-8(2)11(13(16)17)14-12(15)10-6-4-9(3)5-7-10/h4-8,11H,1-3H3,(H,14,15)(H,16,17)/t11-/m0/s1. The molecule has 0 aliphatic heterocycles. The van der Waals surface area contributed by atoms with Crippen LogP contribution in [0.2, 0.25) is 0 Å². The summed E-state index contributed by atoms with van der Waals surface area (Å²) in [6.45, 7) is 5.44. The smallest absolute Gasteiger partial charge is 0.326 e. The molecule has 0 fully saturated rings. The number of rotatable bonds is 4. The third-order valence-corrected chi connectivity index (χ3v) is 2.53. The molecule has 0 aliphatic rings. The number of benzene rings is 1. The fourth-order valence-corrected chi connectivity index (χ4v) is 1.44. The number of aryl methyl sites for hydroxylation is 1. The maximum Gasteiger partial charge on any atom is 0.326 e. The van der Waals surface area contributed by atoms with Gasteiger partial charge in [-0.1, -0.05) is 31.5 Å². The van der Waals surface area contributed by atoms with Gasteiger partial charge in [-0.25, -0.2) is 4.79 Å². The topological polar surface area (TPSA) is 66.4 Å². The Morgan fingerprint density at radius 2 is 1.71 bits per heavy atom. The number of hydrogen-bond acceptors (Lipinski definition) is 2. The number of hydrogen-bond donors (Lipinski definition) is 2. The Kier molecular flexibility index (Phi) is 4.26. The van der Waals surface area contributed by atoms with Crippen molar-refractivity contribution in [2.45, 2.75) is 26.8 Å². The molecule has 0 aromatic heterocycles. The van der Waals surface area contributed by atoms with Gasteiger partial charge >= 0.3 is 5.97 Å². The molecule has 1 amide bonds. The molecule has 0 aliphatic carbocycles. The molecular weight excluding hydrogens is 218 g/mol. The number of carboxylic acid groups (broad SMARTS) is 1. The molecule has 1 aromatic carbocycles. The summed E-state index contributed by atoms with van der Waals surface area (Å²) in [6, 6.07) is 6.15. The van der Waals surface area contributed by atoms with Gasteiger partial charge in [-0.3, -0.25) is 4.79 Å². The molecule has 0 saturated carbocycles. The molecule has 0 unspecified atom stereocenters. The fraction of sp³-hybridized carbons (Fsp3) is 0.385. The predicted molar refractivity (Wildman–Crippen MR) is 64.9 cm³/mol. The van der Waals surface area contributed by atoms with Crippen LogP contribution in [-0.4, -0.2) is 23.0 Å². The van der Waals surface area contributed by atoms with Crippen LogP contribution in [0.3, 0.4) is 0 Å². The number of aliphatic carboxylic acids is 1. The Morgan fingerprint density at radius 3 is 2.12 bits per heavy atom. The highest BCUT2D eigenvalue weighted by Gasteiger charge is 2.23. The first-order chi connectivity index (χ1) is 7.91. The number of amides is 1. The van der Waals surface area contributed by atoms with E-state index in [1.54, 1.807) is 26.0 Å². The fourth-order valence-electron chi connectivity index (χ4n) is 1.44. The van der Waals surface area contributed by atoms with Crippen LogP contribution in [0.25, 0.3) is 0 Å². The van der Waals surface area contributed by atoms with Crippen molar-refractivity contribution in [3.8, 4) is 0 Å². The SMILES string of the molecule is Cc1ccc(C(=O)N[C@H](C(=O)O)C(C)C)cc1. The van der Waals surface area contributed by atoms with E-state index in [1.165, 1.54) is 0 Å². The van der Waals surface area contributed by atoms with Gasteiger partial charge in [0.15, 0.2) is 0 Å². The first kappa shape index (κ1) is 13.2. The van der Waals surface area contributed by atoms with Gasteiger partial charge in [0, 0.05) is 5.56 Å². The maximum atomic E-state index is 11.8. The molecule has 92 valence electrons. The lowest BCUT2D eigenvalue weighted by molar-refractivity contribution is -0.140. The van der Waals surface area contributed by atoms with E-state index < -0.39 is 12.0 Å². The molecule has 1 atom stereocenters. The average molecular weight is 235 g/mol. The minimum Gasteiger partial charge on any atom is -0.480 e. The largest absolute Gasteiger partial charge is 0.480 e. The summed E-state index contributed by atoms with van der Waals surface area (Å²) in [5.74, 6) is -1.52. The van der Waals surface area contributed by atoms with E-state index in [9.17, 15) is 9.59 Å². The summed E-state index contributed by atoms with van der Waals surface area (Å²) in [6.07, 6.45) is 0. The van der Waals surface area contributed by atoms with E-state index in [2.05, 4.69) is 5.32 Å². The van der Waals surface area contributed by atoms with E-state index in [0.717, 1.165) is 5.56 Å². The predicted octanol–water partition coefficient (Wildman–Crippen LogP) is 1.83. The van der Waals surface area contributed by atoms with E-state index in [1.807, 2.05) is 19.1 Å². The van der Waals surface area contributed by atoms with Crippen molar-refractivity contribution < 1.29 is 14.7 Å². The Labute approximate surface area is 101 Å². The lowest BCUT2D eigenvalue weighted by Crippen LogP contribution is -2.44. The van der Waals surface area contributed by atoms with E-state index in [4.69, 9.17) is 5.11 Å². The molecule has 0 radical (unpaired) electrons. The van der Waals surface area contributed by atoms with E-state index in [0.29, 0.717) is 5.56 Å². The second kappa shape index (κ2) is 5.48. The van der Waals surface area contributed by atoms with Crippen LogP contribution in [0.4, 0.5) is 0 Å².